The summed E-state index contributed by atoms with van der Waals surface area (Å²) in [6, 6.07) is 0. The summed E-state index contributed by atoms with van der Waals surface area (Å²) in [5, 5.41) is 18.1. The number of aryl methyl sites for hydroxylation is 2. The molecule has 20 heteroatoms. The Morgan fingerprint density at radius 2 is 1.12 bits per heavy atom. The number of hydrogen-bond acceptors (Lipinski definition) is 12. The largest absolute Gasteiger partial charge is 1.00 e. The van der Waals surface area contributed by atoms with E-state index in [2.05, 4.69) is 55.5 Å². The van der Waals surface area contributed by atoms with Gasteiger partial charge in [0.25, 0.3) is 0 Å². The molecule has 0 aliphatic heterocycles. The molecule has 2 rings (SSSR count). The van der Waals surface area contributed by atoms with E-state index >= 15 is 0 Å². The standard InChI is InChI=1S/2C3H6N4O3S2.2Na/c2*8-12(9,10)2-1-7-3(11)4-5-6-7;;/h2*1-2H2,(H,4,6,11)(H,8,9,10);;/q;;2*+1/p-2. The number of tetrazole rings is 2. The van der Waals surface area contributed by atoms with Gasteiger partial charge in [0.2, 0.25) is 9.54 Å². The molecule has 0 aliphatic carbocycles. The van der Waals surface area contributed by atoms with E-state index in [1.54, 1.807) is 0 Å². The first kappa shape index (κ1) is 28.6. The summed E-state index contributed by atoms with van der Waals surface area (Å²) in [5.41, 5.74) is 0. The average molecular weight is 464 g/mol. The van der Waals surface area contributed by atoms with Crippen LogP contribution in [-0.4, -0.2) is 77.9 Å². The van der Waals surface area contributed by atoms with Crippen molar-refractivity contribution in [3.63, 3.8) is 0 Å². The van der Waals surface area contributed by atoms with Crippen LogP contribution in [0.5, 0.6) is 0 Å². The van der Waals surface area contributed by atoms with Crippen LogP contribution in [0.1, 0.15) is 0 Å². The van der Waals surface area contributed by atoms with Crippen LogP contribution < -0.4 is 59.1 Å². The second kappa shape index (κ2) is 12.8. The quantitative estimate of drug-likeness (QED) is 0.232. The molecule has 0 radical (unpaired) electrons. The van der Waals surface area contributed by atoms with Gasteiger partial charge in [0.05, 0.1) is 44.8 Å². The molecule has 2 aromatic rings. The molecule has 0 unspecified atom stereocenters. The van der Waals surface area contributed by atoms with E-state index in [1.165, 1.54) is 9.36 Å². The van der Waals surface area contributed by atoms with Gasteiger partial charge in [-0.2, -0.15) is 10.4 Å². The van der Waals surface area contributed by atoms with Gasteiger partial charge in [-0.15, -0.1) is 0 Å². The summed E-state index contributed by atoms with van der Waals surface area (Å²) in [4.78, 5) is 0. The summed E-state index contributed by atoms with van der Waals surface area (Å²) in [6.07, 6.45) is 0. The summed E-state index contributed by atoms with van der Waals surface area (Å²) in [6.45, 7) is -0.0880. The van der Waals surface area contributed by atoms with Gasteiger partial charge < -0.3 is 9.11 Å². The van der Waals surface area contributed by atoms with Gasteiger partial charge in [-0.1, -0.05) is 20.6 Å². The van der Waals surface area contributed by atoms with Crippen LogP contribution in [0, 0.1) is 9.54 Å². The van der Waals surface area contributed by atoms with Crippen LogP contribution in [-0.2, 0) is 33.3 Å². The maximum atomic E-state index is 10.2. The molecule has 0 saturated carbocycles. The fraction of sp³-hybridized carbons (Fsp3) is 0.667. The van der Waals surface area contributed by atoms with Gasteiger partial charge in [0.1, 0.15) is 0 Å². The Morgan fingerprint density at radius 1 is 0.808 bits per heavy atom. The average Bonchev–Trinajstić information content (AvgIpc) is 3.02. The van der Waals surface area contributed by atoms with Crippen molar-refractivity contribution in [1.82, 2.24) is 40.4 Å². The second-order valence-corrected chi connectivity index (χ2v) is 7.77. The normalized spacial score (nSPS) is 10.8. The predicted octanol–water partition coefficient (Wildman–Crippen LogP) is -8.23. The molecule has 0 atom stereocenters. The molecule has 2 aromatic heterocycles. The van der Waals surface area contributed by atoms with Gasteiger partial charge in [-0.05, 0) is 24.4 Å². The van der Waals surface area contributed by atoms with E-state index < -0.39 is 31.7 Å². The SMILES string of the molecule is O=S(=O)([O-])CCn1[nH]nnc1=S.O=S(=O)([O-])CCn1[nH]nnc1=S.[Na+].[Na+]. The summed E-state index contributed by atoms with van der Waals surface area (Å²) >= 11 is 9.27. The molecule has 0 aliphatic rings. The topological polar surface area (TPSA) is 207 Å². The number of nitrogens with one attached hydrogen (secondary N) is 2. The molecular formula is C6H10N8Na2O6S4. The Hall–Kier alpha value is 0.400. The third-order valence-electron chi connectivity index (χ3n) is 2.19. The molecule has 0 bridgehead atoms. The monoisotopic (exact) mass is 464 g/mol. The van der Waals surface area contributed by atoms with Gasteiger partial charge in [0.15, 0.2) is 0 Å². The molecule has 0 spiro atoms. The van der Waals surface area contributed by atoms with Crippen LogP contribution in [0.4, 0.5) is 0 Å². The Balaban J connectivity index is 0. The third-order valence-corrected chi connectivity index (χ3v) is 4.16. The van der Waals surface area contributed by atoms with Crippen LogP contribution >= 0.6 is 24.4 Å². The molecule has 0 saturated heterocycles. The van der Waals surface area contributed by atoms with Crippen LogP contribution in [0.25, 0.3) is 0 Å². The number of aromatic nitrogens is 8. The smallest absolute Gasteiger partial charge is 0.748 e. The molecular weight excluding hydrogens is 454 g/mol. The zero-order chi connectivity index (χ0) is 18.4. The zero-order valence-corrected chi connectivity index (χ0v) is 20.9. The minimum atomic E-state index is -4.21. The van der Waals surface area contributed by atoms with Gasteiger partial charge in [-0.3, -0.25) is 0 Å². The van der Waals surface area contributed by atoms with Crippen molar-refractivity contribution in [2.45, 2.75) is 13.1 Å². The van der Waals surface area contributed by atoms with E-state index in [1.807, 2.05) is 0 Å². The van der Waals surface area contributed by atoms with E-state index in [9.17, 15) is 25.9 Å². The minimum absolute atomic E-state index is 0. The summed E-state index contributed by atoms with van der Waals surface area (Å²) in [5.74, 6) is -1.05. The summed E-state index contributed by atoms with van der Waals surface area (Å²) < 4.78 is 63.7. The van der Waals surface area contributed by atoms with Crippen molar-refractivity contribution in [2.75, 3.05) is 11.5 Å². The second-order valence-electron chi connectivity index (χ2n) is 3.99. The number of aromatic amines is 2. The molecule has 0 aromatic carbocycles. The van der Waals surface area contributed by atoms with Crippen molar-refractivity contribution in [1.29, 1.82) is 0 Å². The molecule has 0 amide bonds. The first-order chi connectivity index (χ1) is 11.0. The maximum Gasteiger partial charge on any atom is 1.00 e. The number of rotatable bonds is 6. The van der Waals surface area contributed by atoms with Gasteiger partial charge >= 0.3 is 59.1 Å². The van der Waals surface area contributed by atoms with Crippen molar-refractivity contribution in [2.24, 2.45) is 0 Å². The summed E-state index contributed by atoms with van der Waals surface area (Å²) in [7, 11) is -8.42. The van der Waals surface area contributed by atoms with Crippen LogP contribution in [0.2, 0.25) is 0 Å². The zero-order valence-electron chi connectivity index (χ0n) is 13.6. The van der Waals surface area contributed by atoms with Crippen LogP contribution in [0.3, 0.4) is 0 Å². The van der Waals surface area contributed by atoms with Crippen molar-refractivity contribution < 1.29 is 85.1 Å². The fourth-order valence-electron chi connectivity index (χ4n) is 1.13. The Bertz CT molecular complexity index is 897. The van der Waals surface area contributed by atoms with Gasteiger partial charge in [-0.25, -0.2) is 26.2 Å². The van der Waals surface area contributed by atoms with Crippen molar-refractivity contribution in [3.05, 3.63) is 9.54 Å². The first-order valence-electron chi connectivity index (χ1n) is 5.81. The van der Waals surface area contributed by atoms with E-state index in [0.29, 0.717) is 0 Å². The van der Waals surface area contributed by atoms with E-state index in [0.717, 1.165) is 0 Å². The molecule has 14 nitrogen and oxygen atoms in total. The number of nitrogens with zero attached hydrogens (tertiary/aromatic N) is 6. The number of hydrogen-bond donors (Lipinski definition) is 2. The van der Waals surface area contributed by atoms with Crippen molar-refractivity contribution in [3.8, 4) is 0 Å². The molecule has 0 fully saturated rings. The molecule has 26 heavy (non-hydrogen) atoms. The first-order valence-corrected chi connectivity index (χ1v) is 9.78. The third kappa shape index (κ3) is 12.7. The fourth-order valence-corrected chi connectivity index (χ4v) is 2.29. The minimum Gasteiger partial charge on any atom is -0.748 e. The molecule has 136 valence electrons. The Morgan fingerprint density at radius 3 is 1.31 bits per heavy atom. The van der Waals surface area contributed by atoms with E-state index in [4.69, 9.17) is 0 Å². The maximum absolute atomic E-state index is 10.2. The molecule has 2 N–H and O–H groups in total. The van der Waals surface area contributed by atoms with Crippen molar-refractivity contribution >= 4 is 44.7 Å². The Labute approximate surface area is 202 Å². The number of H-pyrrole nitrogens is 2. The predicted molar refractivity (Wildman–Crippen MR) is 79.5 cm³/mol. The van der Waals surface area contributed by atoms with E-state index in [-0.39, 0.29) is 81.7 Å². The Kier molecular flexibility index (Phi) is 14.1. The van der Waals surface area contributed by atoms with Crippen LogP contribution in [0.15, 0.2) is 0 Å². The molecule has 2 heterocycles. The van der Waals surface area contributed by atoms with Gasteiger partial charge in [0, 0.05) is 0 Å².